The van der Waals surface area contributed by atoms with Crippen LogP contribution in [-0.2, 0) is 15.6 Å². The summed E-state index contributed by atoms with van der Waals surface area (Å²) in [5, 5.41) is 2.74. The Morgan fingerprint density at radius 3 is 2.89 bits per heavy atom. The van der Waals surface area contributed by atoms with E-state index >= 15 is 0 Å². The van der Waals surface area contributed by atoms with Gasteiger partial charge in [0.15, 0.2) is 0 Å². The topological polar surface area (TPSA) is 46.2 Å². The fourth-order valence-electron chi connectivity index (χ4n) is 0.755. The maximum Gasteiger partial charge on any atom is 0.207 e. The van der Waals surface area contributed by atoms with Gasteiger partial charge in [0.2, 0.25) is 6.41 Å². The summed E-state index contributed by atoms with van der Waals surface area (Å²) in [7, 11) is -0.653. The van der Waals surface area contributed by atoms with Crippen LogP contribution in [0.4, 0.5) is 0 Å². The Bertz CT molecular complexity index is 137. The minimum Gasteiger partial charge on any atom is -0.357 e. The molecular weight excluding hydrogens is 138 g/mol. The highest BCUT2D eigenvalue weighted by atomic mass is 32.2. The lowest BCUT2D eigenvalue weighted by molar-refractivity contribution is -0.109. The third kappa shape index (κ3) is 1.51. The van der Waals surface area contributed by atoms with E-state index in [1.807, 2.05) is 0 Å². The van der Waals surface area contributed by atoms with Crippen LogP contribution in [0.1, 0.15) is 6.42 Å². The standard InChI is InChI=1S/C5H9NO2S/c7-4-6-3-5-1-2-9(5)8/h4-5H,1-3H2,(H,6,7). The summed E-state index contributed by atoms with van der Waals surface area (Å²) in [5.74, 6) is 0.811. The molecule has 0 spiro atoms. The lowest BCUT2D eigenvalue weighted by atomic mass is 10.3. The van der Waals surface area contributed by atoms with Crippen LogP contribution in [0.2, 0.25) is 0 Å². The lowest BCUT2D eigenvalue weighted by Crippen LogP contribution is -2.39. The number of carbonyl (C=O) groups excluding carboxylic acids is 1. The van der Waals surface area contributed by atoms with E-state index in [1.165, 1.54) is 0 Å². The first-order valence-corrected chi connectivity index (χ1v) is 4.27. The van der Waals surface area contributed by atoms with E-state index in [2.05, 4.69) is 5.32 Å². The zero-order chi connectivity index (χ0) is 6.69. The largest absolute Gasteiger partial charge is 0.357 e. The van der Waals surface area contributed by atoms with Gasteiger partial charge >= 0.3 is 0 Å². The molecule has 1 saturated heterocycles. The predicted molar refractivity (Wildman–Crippen MR) is 35.5 cm³/mol. The van der Waals surface area contributed by atoms with Gasteiger partial charge in [-0.25, -0.2) is 0 Å². The summed E-state index contributed by atoms with van der Waals surface area (Å²) < 4.78 is 10.7. The van der Waals surface area contributed by atoms with E-state index in [0.717, 1.165) is 12.2 Å². The summed E-state index contributed by atoms with van der Waals surface area (Å²) in [6, 6.07) is 0. The van der Waals surface area contributed by atoms with Crippen molar-refractivity contribution in [1.29, 1.82) is 0 Å². The molecular formula is C5H9NO2S. The number of carbonyl (C=O) groups is 1. The van der Waals surface area contributed by atoms with Crippen molar-refractivity contribution in [2.24, 2.45) is 0 Å². The molecule has 1 aliphatic heterocycles. The van der Waals surface area contributed by atoms with Crippen molar-refractivity contribution >= 4 is 17.2 Å². The minimum atomic E-state index is -0.653. The fraction of sp³-hybridized carbons (Fsp3) is 0.800. The van der Waals surface area contributed by atoms with Crippen molar-refractivity contribution in [2.45, 2.75) is 11.7 Å². The summed E-state index contributed by atoms with van der Waals surface area (Å²) in [6.45, 7) is 0.579. The first-order valence-electron chi connectivity index (χ1n) is 2.89. The Labute approximate surface area is 56.3 Å². The van der Waals surface area contributed by atoms with Crippen LogP contribution in [0.5, 0.6) is 0 Å². The predicted octanol–water partition coefficient (Wildman–Crippen LogP) is -0.747. The SMILES string of the molecule is O=CNCC1CCS1=O. The van der Waals surface area contributed by atoms with E-state index < -0.39 is 10.8 Å². The second-order valence-electron chi connectivity index (χ2n) is 2.02. The van der Waals surface area contributed by atoms with Crippen molar-refractivity contribution < 1.29 is 9.00 Å². The Morgan fingerprint density at radius 1 is 1.78 bits per heavy atom. The van der Waals surface area contributed by atoms with Gasteiger partial charge in [0, 0.05) is 23.1 Å². The third-order valence-corrected chi connectivity index (χ3v) is 3.23. The van der Waals surface area contributed by atoms with E-state index in [-0.39, 0.29) is 5.25 Å². The van der Waals surface area contributed by atoms with Crippen LogP contribution in [0.15, 0.2) is 0 Å². The van der Waals surface area contributed by atoms with Crippen molar-refractivity contribution in [3.05, 3.63) is 0 Å². The molecule has 3 nitrogen and oxygen atoms in total. The Kier molecular flexibility index (Phi) is 2.22. The molecule has 2 atom stereocenters. The molecule has 0 bridgehead atoms. The monoisotopic (exact) mass is 147 g/mol. The van der Waals surface area contributed by atoms with Gasteiger partial charge in [0.1, 0.15) is 0 Å². The van der Waals surface area contributed by atoms with E-state index in [1.54, 1.807) is 0 Å². The molecule has 1 N–H and O–H groups in total. The van der Waals surface area contributed by atoms with Crippen LogP contribution >= 0.6 is 0 Å². The van der Waals surface area contributed by atoms with Crippen molar-refractivity contribution in [3.8, 4) is 0 Å². The van der Waals surface area contributed by atoms with Gasteiger partial charge in [0.05, 0.1) is 5.25 Å². The first kappa shape index (κ1) is 6.74. The molecule has 9 heavy (non-hydrogen) atoms. The Balaban J connectivity index is 2.13. The first-order chi connectivity index (χ1) is 4.34. The highest BCUT2D eigenvalue weighted by Crippen LogP contribution is 2.13. The third-order valence-electron chi connectivity index (χ3n) is 1.44. The Hall–Kier alpha value is -0.380. The summed E-state index contributed by atoms with van der Waals surface area (Å²) in [5.41, 5.74) is 0. The molecule has 52 valence electrons. The van der Waals surface area contributed by atoms with Crippen LogP contribution in [0.3, 0.4) is 0 Å². The Morgan fingerprint density at radius 2 is 2.56 bits per heavy atom. The van der Waals surface area contributed by atoms with Crippen molar-refractivity contribution in [1.82, 2.24) is 5.32 Å². The molecule has 1 amide bonds. The summed E-state index contributed by atoms with van der Waals surface area (Å²) >= 11 is 0. The van der Waals surface area contributed by atoms with Crippen molar-refractivity contribution in [2.75, 3.05) is 12.3 Å². The molecule has 2 unspecified atom stereocenters. The lowest BCUT2D eigenvalue weighted by Gasteiger charge is -2.23. The maximum atomic E-state index is 10.7. The number of amides is 1. The molecule has 1 aliphatic rings. The van der Waals surface area contributed by atoms with Gasteiger partial charge in [-0.05, 0) is 6.42 Å². The summed E-state index contributed by atoms with van der Waals surface area (Å²) in [4.78, 5) is 9.75. The minimum absolute atomic E-state index is 0.232. The van der Waals surface area contributed by atoms with E-state index in [4.69, 9.17) is 0 Å². The fourth-order valence-corrected chi connectivity index (χ4v) is 1.80. The highest BCUT2D eigenvalue weighted by Gasteiger charge is 2.25. The van der Waals surface area contributed by atoms with Crippen LogP contribution in [0.25, 0.3) is 0 Å². The van der Waals surface area contributed by atoms with Crippen LogP contribution in [-0.4, -0.2) is 28.2 Å². The quantitative estimate of drug-likeness (QED) is 0.534. The molecule has 1 fully saturated rings. The number of hydrogen-bond acceptors (Lipinski definition) is 2. The molecule has 0 radical (unpaired) electrons. The smallest absolute Gasteiger partial charge is 0.207 e. The van der Waals surface area contributed by atoms with E-state index in [0.29, 0.717) is 13.0 Å². The molecule has 0 aromatic carbocycles. The molecule has 0 aromatic rings. The second-order valence-corrected chi connectivity index (χ2v) is 3.86. The van der Waals surface area contributed by atoms with Crippen LogP contribution in [0, 0.1) is 0 Å². The molecule has 1 rings (SSSR count). The van der Waals surface area contributed by atoms with Gasteiger partial charge in [-0.3, -0.25) is 9.00 Å². The summed E-state index contributed by atoms with van der Waals surface area (Å²) in [6.07, 6.45) is 1.64. The van der Waals surface area contributed by atoms with Gasteiger partial charge < -0.3 is 5.32 Å². The van der Waals surface area contributed by atoms with Crippen LogP contribution < -0.4 is 5.32 Å². The zero-order valence-corrected chi connectivity index (χ0v) is 5.82. The average molecular weight is 147 g/mol. The van der Waals surface area contributed by atoms with Gasteiger partial charge in [-0.15, -0.1) is 0 Å². The van der Waals surface area contributed by atoms with Gasteiger partial charge in [-0.1, -0.05) is 0 Å². The average Bonchev–Trinajstić information content (AvgIpc) is 1.86. The molecule has 0 saturated carbocycles. The number of rotatable bonds is 3. The second kappa shape index (κ2) is 2.96. The van der Waals surface area contributed by atoms with Gasteiger partial charge in [0.25, 0.3) is 0 Å². The van der Waals surface area contributed by atoms with E-state index in [9.17, 15) is 9.00 Å². The normalized spacial score (nSPS) is 32.9. The molecule has 4 heteroatoms. The maximum absolute atomic E-state index is 10.7. The highest BCUT2D eigenvalue weighted by molar-refractivity contribution is 7.87. The number of nitrogens with one attached hydrogen (secondary N) is 1. The molecule has 0 aliphatic carbocycles. The van der Waals surface area contributed by atoms with Crippen molar-refractivity contribution in [3.63, 3.8) is 0 Å². The zero-order valence-electron chi connectivity index (χ0n) is 5.00. The number of hydrogen-bond donors (Lipinski definition) is 1. The van der Waals surface area contributed by atoms with Gasteiger partial charge in [-0.2, -0.15) is 0 Å². The molecule has 0 aromatic heterocycles. The molecule has 1 heterocycles.